The first-order chi connectivity index (χ1) is 18.0. The Kier molecular flexibility index (Phi) is 21.2. The SMILES string of the molecule is C[Si](C)(C)C(C(F)(F)F)(C(F)(F)F)C(F)(F)F.C[Si](C)(C)F.F[B-](F)(F)C(C(F)(F)F)(C(F)(F)F)C(F)(F)F.F[B-](F)(F)F.[Li+].[Li+]. The maximum Gasteiger partial charge on any atom is 1.00 e. The fraction of sp³-hybridized carbons (Fsp3) is 1.00. The summed E-state index contributed by atoms with van der Waals surface area (Å²) < 4.78 is 304. The third kappa shape index (κ3) is 15.7. The molecule has 0 N–H and O–H groups in total. The van der Waals surface area contributed by atoms with E-state index in [9.17, 15) is 113 Å². The molecule has 0 amide bonds. The summed E-state index contributed by atoms with van der Waals surface area (Å²) in [6, 6.07) is 0. The van der Waals surface area contributed by atoms with E-state index < -0.39 is 78.1 Å². The van der Waals surface area contributed by atoms with Gasteiger partial charge in [0.1, 0.15) is 0 Å². The molecule has 0 heterocycles. The average Bonchev–Trinajstić information content (AvgIpc) is 2.38. The fourth-order valence-corrected chi connectivity index (χ4v) is 5.35. The van der Waals surface area contributed by atoms with Crippen LogP contribution in [-0.2, 0) is 0 Å². The molecule has 0 spiro atoms. The molecular formula is C14H18B2F26Li2Si2. The minimum Gasteiger partial charge on any atom is -0.448 e. The molecule has 0 nitrogen and oxygen atoms in total. The Morgan fingerprint density at radius 3 is 0.500 bits per heavy atom. The molecule has 0 saturated heterocycles. The molecule has 0 bridgehead atoms. The van der Waals surface area contributed by atoms with E-state index in [1.165, 1.54) is 0 Å². The van der Waals surface area contributed by atoms with E-state index in [0.717, 1.165) is 0 Å². The minimum atomic E-state index is -8.33. The van der Waals surface area contributed by atoms with Gasteiger partial charge in [-0.15, -0.1) is 0 Å². The van der Waals surface area contributed by atoms with Crippen molar-refractivity contribution in [1.82, 2.24) is 0 Å². The number of hydrogen-bond donors (Lipinski definition) is 0. The van der Waals surface area contributed by atoms with Crippen molar-refractivity contribution in [3.05, 3.63) is 0 Å². The van der Waals surface area contributed by atoms with Gasteiger partial charge in [-0.3, -0.25) is 0 Å². The van der Waals surface area contributed by atoms with Crippen LogP contribution in [0.4, 0.5) is 113 Å². The van der Waals surface area contributed by atoms with Gasteiger partial charge >= 0.3 is 89.0 Å². The summed E-state index contributed by atoms with van der Waals surface area (Å²) in [6.07, 6.45) is -42.0. The number of halogens is 26. The standard InChI is InChI=1S/C7H9F9Si.C4BF12.C3H9FSi.BF4.2Li/c1-17(2,3)4(5(8,9)10,6(11,12)13)7(14,15)16;6-2(7,8)1(3(9,10)11,4(12,13)14)5(15,16)17;1-5(2,3)4;2-1(3,4)5;;/h1-3H3;;1-3H3;;;/q;-1;;-1;2*+1. The molecule has 0 aliphatic heterocycles. The summed E-state index contributed by atoms with van der Waals surface area (Å²) in [5.74, 6) is 0. The fourth-order valence-electron chi connectivity index (χ4n) is 2.80. The molecular weight excluding hydrogens is 754 g/mol. The van der Waals surface area contributed by atoms with Gasteiger partial charge in [-0.1, -0.05) is 19.6 Å². The molecule has 46 heavy (non-hydrogen) atoms. The van der Waals surface area contributed by atoms with Crippen LogP contribution in [-0.4, -0.2) is 67.8 Å². The minimum absolute atomic E-state index is 0. The van der Waals surface area contributed by atoms with Gasteiger partial charge in [0.25, 0.3) is 0 Å². The van der Waals surface area contributed by atoms with Crippen LogP contribution >= 0.6 is 0 Å². The van der Waals surface area contributed by atoms with Crippen LogP contribution in [0.25, 0.3) is 0 Å². The molecule has 0 atom stereocenters. The molecule has 0 rings (SSSR count). The Morgan fingerprint density at radius 2 is 0.500 bits per heavy atom. The van der Waals surface area contributed by atoms with Gasteiger partial charge in [0.05, 0.1) is 8.07 Å². The maximum absolute atomic E-state index is 12.5. The first-order valence-electron chi connectivity index (χ1n) is 10.2. The van der Waals surface area contributed by atoms with E-state index in [0.29, 0.717) is 19.6 Å². The second kappa shape index (κ2) is 16.8. The van der Waals surface area contributed by atoms with Gasteiger partial charge in [0, 0.05) is 0 Å². The predicted molar refractivity (Wildman–Crippen MR) is 109 cm³/mol. The van der Waals surface area contributed by atoms with Crippen LogP contribution in [0.5, 0.6) is 0 Å². The summed E-state index contributed by atoms with van der Waals surface area (Å²) in [7, 11) is -12.8. The third-order valence-corrected chi connectivity index (χ3v) is 7.33. The smallest absolute Gasteiger partial charge is 0.448 e. The van der Waals surface area contributed by atoms with Gasteiger partial charge < -0.3 is 34.3 Å². The molecule has 0 radical (unpaired) electrons. The normalized spacial score (nSPS) is 14.6. The number of hydrogen-bond acceptors (Lipinski definition) is 0. The summed E-state index contributed by atoms with van der Waals surface area (Å²) in [4.78, 5) is 0. The Bertz CT molecular complexity index is 655. The molecule has 32 heteroatoms. The van der Waals surface area contributed by atoms with Crippen molar-refractivity contribution in [2.24, 2.45) is 0 Å². The van der Waals surface area contributed by atoms with Gasteiger partial charge in [-0.2, -0.15) is 79.0 Å². The van der Waals surface area contributed by atoms with Crippen LogP contribution in [0.3, 0.4) is 0 Å². The van der Waals surface area contributed by atoms with Gasteiger partial charge in [-0.25, -0.2) is 0 Å². The summed E-state index contributed by atoms with van der Waals surface area (Å²) in [5.41, 5.74) is 0. The molecule has 0 saturated carbocycles. The Labute approximate surface area is 268 Å². The molecule has 0 fully saturated rings. The predicted octanol–water partition coefficient (Wildman–Crippen LogP) is 6.11. The van der Waals surface area contributed by atoms with E-state index >= 15 is 0 Å². The molecule has 272 valence electrons. The molecule has 0 unspecified atom stereocenters. The van der Waals surface area contributed by atoms with Crippen molar-refractivity contribution in [1.29, 1.82) is 0 Å². The van der Waals surface area contributed by atoms with Gasteiger partial charge in [0.15, 0.2) is 0 Å². The van der Waals surface area contributed by atoms with E-state index in [4.69, 9.17) is 0 Å². The molecule has 0 aromatic carbocycles. The average molecular weight is 772 g/mol. The molecule has 0 aromatic rings. The Balaban J connectivity index is -0.000000130. The molecule has 0 aliphatic rings. The second-order valence-corrected chi connectivity index (χ2v) is 19.3. The van der Waals surface area contributed by atoms with Crippen molar-refractivity contribution < 1.29 is 151 Å². The summed E-state index contributed by atoms with van der Waals surface area (Å²) in [6.45, 7) is -2.18. The van der Waals surface area contributed by atoms with Crippen LogP contribution < -0.4 is 37.7 Å². The number of alkyl halides is 18. The maximum atomic E-state index is 12.5. The zero-order valence-corrected chi connectivity index (χ0v) is 26.0. The van der Waals surface area contributed by atoms with Crippen molar-refractivity contribution >= 4 is 30.7 Å². The van der Waals surface area contributed by atoms with Crippen LogP contribution in [0, 0.1) is 0 Å². The molecule has 0 aliphatic carbocycles. The van der Waals surface area contributed by atoms with Crippen LogP contribution in [0.1, 0.15) is 0 Å². The quantitative estimate of drug-likeness (QED) is 0.181. The van der Waals surface area contributed by atoms with Gasteiger partial charge in [-0.05, 0) is 19.6 Å². The van der Waals surface area contributed by atoms with Crippen molar-refractivity contribution in [2.75, 3.05) is 0 Å². The van der Waals surface area contributed by atoms with Crippen molar-refractivity contribution in [3.63, 3.8) is 0 Å². The summed E-state index contributed by atoms with van der Waals surface area (Å²) in [5, 5.41) is -13.3. The van der Waals surface area contributed by atoms with Crippen molar-refractivity contribution in [3.8, 4) is 0 Å². The summed E-state index contributed by atoms with van der Waals surface area (Å²) >= 11 is 0. The largest absolute Gasteiger partial charge is 1.00 e. The van der Waals surface area contributed by atoms with E-state index in [1.807, 2.05) is 0 Å². The van der Waals surface area contributed by atoms with Crippen LogP contribution in [0.2, 0.25) is 49.6 Å². The first-order valence-corrected chi connectivity index (χ1v) is 17.0. The Hall–Kier alpha value is -0.0616. The Morgan fingerprint density at radius 1 is 0.370 bits per heavy atom. The zero-order valence-electron chi connectivity index (χ0n) is 24.0. The van der Waals surface area contributed by atoms with E-state index in [1.54, 1.807) is 19.6 Å². The zero-order chi connectivity index (χ0) is 38.0. The van der Waals surface area contributed by atoms with E-state index in [2.05, 4.69) is 0 Å². The second-order valence-electron chi connectivity index (χ2n) is 9.93. The van der Waals surface area contributed by atoms with Gasteiger partial charge in [0.2, 0.25) is 18.8 Å². The number of rotatable bonds is 2. The molecule has 0 aromatic heterocycles. The van der Waals surface area contributed by atoms with E-state index in [-0.39, 0.29) is 37.7 Å². The van der Waals surface area contributed by atoms with Crippen molar-refractivity contribution in [2.45, 2.75) is 86.7 Å². The monoisotopic (exact) mass is 772 g/mol. The third-order valence-electron chi connectivity index (χ3n) is 4.23. The van der Waals surface area contributed by atoms with Crippen LogP contribution in [0.15, 0.2) is 0 Å². The topological polar surface area (TPSA) is 0 Å². The first kappa shape index (κ1) is 58.2.